The van der Waals surface area contributed by atoms with Crippen LogP contribution in [-0.4, -0.2) is 81.0 Å². The van der Waals surface area contributed by atoms with Crippen molar-refractivity contribution in [1.29, 1.82) is 0 Å². The first-order valence-corrected chi connectivity index (χ1v) is 22.9. The van der Waals surface area contributed by atoms with Gasteiger partial charge in [-0.25, -0.2) is 4.57 Å². The van der Waals surface area contributed by atoms with Crippen LogP contribution >= 0.6 is 7.82 Å². The first kappa shape index (κ1) is 51.9. The summed E-state index contributed by atoms with van der Waals surface area (Å²) in [6, 6.07) is 0. The minimum Gasteiger partial charge on any atom is -0.462 e. The van der Waals surface area contributed by atoms with Gasteiger partial charge in [-0.3, -0.25) is 14.1 Å². The summed E-state index contributed by atoms with van der Waals surface area (Å²) in [7, 11) is -4.84. The zero-order chi connectivity index (χ0) is 41.3. The number of hydrogen-bond acceptors (Lipinski definition) is 10. The molecule has 1 saturated heterocycles. The quantitative estimate of drug-likeness (QED) is 0.0180. The molecule has 12 nitrogen and oxygen atoms in total. The van der Waals surface area contributed by atoms with E-state index >= 15 is 0 Å². The Morgan fingerprint density at radius 2 is 1.34 bits per heavy atom. The third-order valence-electron chi connectivity index (χ3n) is 9.62. The molecule has 0 radical (unpaired) electrons. The lowest BCUT2D eigenvalue weighted by atomic mass is 9.87. The zero-order valence-electron chi connectivity index (χ0n) is 34.3. The summed E-state index contributed by atoms with van der Waals surface area (Å²) in [4.78, 5) is 43.1. The number of phosphoric acid groups is 1. The molecule has 324 valence electrons. The molecule has 1 heterocycles. The van der Waals surface area contributed by atoms with Crippen LogP contribution in [0.5, 0.6) is 0 Å². The second-order valence-corrected chi connectivity index (χ2v) is 16.1. The van der Waals surface area contributed by atoms with Gasteiger partial charge in [-0.05, 0) is 64.2 Å². The molecule has 13 heteroatoms. The van der Waals surface area contributed by atoms with Crippen LogP contribution in [0.25, 0.3) is 0 Å². The van der Waals surface area contributed by atoms with E-state index in [2.05, 4.69) is 42.7 Å². The lowest BCUT2D eigenvalue weighted by Gasteiger charge is -2.36. The van der Waals surface area contributed by atoms with E-state index in [0.717, 1.165) is 57.8 Å². The Labute approximate surface area is 337 Å². The van der Waals surface area contributed by atoms with Crippen molar-refractivity contribution in [3.63, 3.8) is 0 Å². The first-order chi connectivity index (χ1) is 26.9. The van der Waals surface area contributed by atoms with Gasteiger partial charge in [0.25, 0.3) is 0 Å². The van der Waals surface area contributed by atoms with E-state index in [1.165, 1.54) is 38.5 Å². The maximum Gasteiger partial charge on any atom is 0.469 e. The number of phosphoric ester groups is 1. The molecule has 0 amide bonds. The van der Waals surface area contributed by atoms with E-state index in [1.54, 1.807) is 12.2 Å². The smallest absolute Gasteiger partial charge is 0.462 e. The van der Waals surface area contributed by atoms with Crippen molar-refractivity contribution in [3.05, 3.63) is 48.6 Å². The monoisotopic (exact) mass is 814 g/mol. The van der Waals surface area contributed by atoms with Gasteiger partial charge in [-0.2, -0.15) is 0 Å². The van der Waals surface area contributed by atoms with E-state index < -0.39 is 57.1 Å². The van der Waals surface area contributed by atoms with E-state index in [4.69, 9.17) is 24.0 Å². The number of aliphatic hydroxyl groups excluding tert-OH is 3. The molecular weight excluding hydrogens is 739 g/mol. The number of ether oxygens (including phenoxy) is 3. The maximum absolute atomic E-state index is 12.5. The Morgan fingerprint density at radius 3 is 2.02 bits per heavy atom. The van der Waals surface area contributed by atoms with Gasteiger partial charge in [0.15, 0.2) is 12.4 Å². The molecule has 5 N–H and O–H groups in total. The molecule has 0 saturated carbocycles. The molecule has 1 unspecified atom stereocenters. The molecule has 0 aromatic heterocycles. The molecule has 1 aliphatic heterocycles. The van der Waals surface area contributed by atoms with Crippen LogP contribution in [0.15, 0.2) is 48.6 Å². The number of rotatable bonds is 34. The van der Waals surface area contributed by atoms with Crippen LogP contribution in [0.4, 0.5) is 0 Å². The molecule has 0 bridgehead atoms. The van der Waals surface area contributed by atoms with E-state index in [9.17, 15) is 29.5 Å². The first-order valence-electron chi connectivity index (χ1n) is 21.3. The standard InChI is InChI=1S/C43H75O12P/c1-3-5-7-8-9-10-11-12-13-14-15-16-17-18-19-20-25-29-41(46)52-34-37(35-53-56(49,50)51)54-42(47)30-26-22-21-24-28-38-39(45)33-43(48)55-40(38)32-31-36(44)27-23-6-4-2/h9-10,12-13,21,24,31-32,36-40,43-45,48H,3-8,11,14-20,22-23,25-30,33-35H2,1-2H3,(H2,49,50,51)/b10-9-,13-12-,24-21-,32-31+/t36-,37+,38-,39-,40+,43?/m0/s1. The molecule has 1 fully saturated rings. The summed E-state index contributed by atoms with van der Waals surface area (Å²) < 4.78 is 32.0. The van der Waals surface area contributed by atoms with Crippen LogP contribution < -0.4 is 0 Å². The molecule has 6 atom stereocenters. The van der Waals surface area contributed by atoms with Crippen LogP contribution in [0.2, 0.25) is 0 Å². The number of carbonyl (C=O) groups is 2. The van der Waals surface area contributed by atoms with E-state index in [1.807, 2.05) is 12.2 Å². The third kappa shape index (κ3) is 30.0. The number of carbonyl (C=O) groups excluding carboxylic acids is 2. The van der Waals surface area contributed by atoms with Crippen LogP contribution in [0.3, 0.4) is 0 Å². The molecule has 0 spiro atoms. The van der Waals surface area contributed by atoms with Crippen molar-refractivity contribution in [2.24, 2.45) is 5.92 Å². The molecule has 0 aromatic rings. The highest BCUT2D eigenvalue weighted by Gasteiger charge is 2.35. The van der Waals surface area contributed by atoms with Gasteiger partial charge in [0.05, 0.1) is 24.9 Å². The number of unbranched alkanes of at least 4 members (excludes halogenated alkanes) is 13. The lowest BCUT2D eigenvalue weighted by Crippen LogP contribution is -2.43. The fraction of sp³-hybridized carbons (Fsp3) is 0.767. The van der Waals surface area contributed by atoms with Crippen molar-refractivity contribution in [2.45, 2.75) is 192 Å². The molecule has 1 aliphatic rings. The van der Waals surface area contributed by atoms with Gasteiger partial charge in [-0.1, -0.05) is 127 Å². The van der Waals surface area contributed by atoms with Gasteiger partial charge in [-0.15, -0.1) is 0 Å². The third-order valence-corrected chi connectivity index (χ3v) is 10.1. The molecule has 56 heavy (non-hydrogen) atoms. The normalized spacial score (nSPS) is 20.4. The van der Waals surface area contributed by atoms with Gasteiger partial charge < -0.3 is 39.3 Å². The SMILES string of the molecule is CCCCC/C=C\C/C=C\CCCCCCCCCC(=O)OC[C@H](COP(=O)(O)O)OC(=O)CCC/C=C\C[C@H]1[C@@H](O)CC(O)O[C@@H]1/C=C/[C@@H](O)CCCCC. The van der Waals surface area contributed by atoms with Crippen LogP contribution in [-0.2, 0) is 32.9 Å². The average molecular weight is 815 g/mol. The summed E-state index contributed by atoms with van der Waals surface area (Å²) in [5.41, 5.74) is 0. The van der Waals surface area contributed by atoms with Crippen LogP contribution in [0, 0.1) is 5.92 Å². The fourth-order valence-corrected chi connectivity index (χ4v) is 6.68. The lowest BCUT2D eigenvalue weighted by molar-refractivity contribution is -0.199. The van der Waals surface area contributed by atoms with Crippen molar-refractivity contribution < 1.29 is 58.0 Å². The van der Waals surface area contributed by atoms with Crippen molar-refractivity contribution >= 4 is 19.8 Å². The predicted molar refractivity (Wildman–Crippen MR) is 219 cm³/mol. The minimum absolute atomic E-state index is 0.0148. The Hall–Kier alpha value is -2.15. The summed E-state index contributed by atoms with van der Waals surface area (Å²) in [5.74, 6) is -1.41. The summed E-state index contributed by atoms with van der Waals surface area (Å²) in [6.45, 7) is 3.31. The van der Waals surface area contributed by atoms with Gasteiger partial charge in [0.2, 0.25) is 0 Å². The van der Waals surface area contributed by atoms with E-state index in [-0.39, 0.29) is 31.8 Å². The maximum atomic E-state index is 12.5. The molecule has 1 rings (SSSR count). The fourth-order valence-electron chi connectivity index (χ4n) is 6.32. The highest BCUT2D eigenvalue weighted by Crippen LogP contribution is 2.36. The second-order valence-electron chi connectivity index (χ2n) is 14.8. The predicted octanol–water partition coefficient (Wildman–Crippen LogP) is 8.84. The Kier molecular flexibility index (Phi) is 31.3. The summed E-state index contributed by atoms with van der Waals surface area (Å²) in [5, 5.41) is 30.8. The van der Waals surface area contributed by atoms with Gasteiger partial charge in [0.1, 0.15) is 6.61 Å². The molecule has 0 aromatic carbocycles. The second kappa shape index (κ2) is 33.8. The van der Waals surface area contributed by atoms with Crippen molar-refractivity contribution in [3.8, 4) is 0 Å². The van der Waals surface area contributed by atoms with Crippen molar-refractivity contribution in [2.75, 3.05) is 13.2 Å². The number of allylic oxidation sites excluding steroid dienone is 6. The number of hydrogen-bond donors (Lipinski definition) is 5. The Balaban J connectivity index is 2.32. The minimum atomic E-state index is -4.84. The highest BCUT2D eigenvalue weighted by molar-refractivity contribution is 7.46. The van der Waals surface area contributed by atoms with Crippen molar-refractivity contribution in [1.82, 2.24) is 0 Å². The number of esters is 2. The zero-order valence-corrected chi connectivity index (χ0v) is 35.2. The highest BCUT2D eigenvalue weighted by atomic mass is 31.2. The van der Waals surface area contributed by atoms with Gasteiger partial charge in [0, 0.05) is 25.2 Å². The average Bonchev–Trinajstić information content (AvgIpc) is 3.14. The van der Waals surface area contributed by atoms with Gasteiger partial charge >= 0.3 is 19.8 Å². The topological polar surface area (TPSA) is 189 Å². The summed E-state index contributed by atoms with van der Waals surface area (Å²) >= 11 is 0. The molecular formula is C43H75O12P. The largest absolute Gasteiger partial charge is 0.469 e. The number of aliphatic hydroxyl groups is 3. The summed E-state index contributed by atoms with van der Waals surface area (Å²) in [6.07, 6.45) is 31.6. The molecule has 0 aliphatic carbocycles. The van der Waals surface area contributed by atoms with Crippen LogP contribution in [0.1, 0.15) is 162 Å². The Bertz CT molecular complexity index is 1170. The van der Waals surface area contributed by atoms with E-state index in [0.29, 0.717) is 32.1 Å². The Morgan fingerprint density at radius 1 is 0.750 bits per heavy atom.